The van der Waals surface area contributed by atoms with Gasteiger partial charge in [0, 0.05) is 5.56 Å². The highest BCUT2D eigenvalue weighted by Crippen LogP contribution is 2.46. The van der Waals surface area contributed by atoms with Gasteiger partial charge in [-0.25, -0.2) is 0 Å². The Hall–Kier alpha value is -0.280. The van der Waals surface area contributed by atoms with Crippen molar-refractivity contribution in [1.82, 2.24) is 0 Å². The Balaban J connectivity index is 0.000000231. The number of rotatable bonds is 0. The molecule has 0 saturated heterocycles. The SMILES string of the molecule is Clc1cc2cc-2c1Cl.NN. The van der Waals surface area contributed by atoms with Gasteiger partial charge in [-0.1, -0.05) is 23.2 Å². The van der Waals surface area contributed by atoms with Crippen molar-refractivity contribution < 1.29 is 0 Å². The lowest BCUT2D eigenvalue weighted by atomic mass is 10.5. The molecule has 0 spiro atoms. The summed E-state index contributed by atoms with van der Waals surface area (Å²) in [6, 6.07) is 3.88. The van der Waals surface area contributed by atoms with Crippen LogP contribution in [0, 0.1) is 0 Å². The molecule has 0 heterocycles. The van der Waals surface area contributed by atoms with Crippen molar-refractivity contribution >= 4 is 23.2 Å². The van der Waals surface area contributed by atoms with E-state index in [0.717, 1.165) is 5.56 Å². The summed E-state index contributed by atoms with van der Waals surface area (Å²) in [5.41, 5.74) is 2.32. The first-order valence-electron chi connectivity index (χ1n) is 2.62. The topological polar surface area (TPSA) is 52.0 Å². The number of hydrogen-bond donors (Lipinski definition) is 2. The molecule has 2 aliphatic carbocycles. The average Bonchev–Trinajstić information content (AvgIpc) is 2.65. The zero-order valence-electron chi connectivity index (χ0n) is 5.07. The summed E-state index contributed by atoms with van der Waals surface area (Å²) in [5.74, 6) is 8.00. The summed E-state index contributed by atoms with van der Waals surface area (Å²) in [7, 11) is 0. The molecule has 0 radical (unpaired) electrons. The summed E-state index contributed by atoms with van der Waals surface area (Å²) >= 11 is 11.3. The maximum atomic E-state index is 5.68. The zero-order valence-corrected chi connectivity index (χ0v) is 6.58. The lowest BCUT2D eigenvalue weighted by molar-refractivity contribution is 1.26. The molecule has 0 fully saturated rings. The van der Waals surface area contributed by atoms with Crippen molar-refractivity contribution in [2.24, 2.45) is 11.7 Å². The fourth-order valence-corrected chi connectivity index (χ4v) is 1.20. The van der Waals surface area contributed by atoms with Crippen LogP contribution in [0.3, 0.4) is 0 Å². The number of hydrazine groups is 1. The second-order valence-corrected chi connectivity index (χ2v) is 2.60. The van der Waals surface area contributed by atoms with Gasteiger partial charge in [-0.05, 0) is 17.7 Å². The van der Waals surface area contributed by atoms with Crippen LogP contribution < -0.4 is 11.7 Å². The van der Waals surface area contributed by atoms with Gasteiger partial charge in [0.05, 0.1) is 10.0 Å². The Bertz CT molecular complexity index is 260. The normalized spacial score (nSPS) is 10.0. The Morgan fingerprint density at radius 3 is 1.90 bits per heavy atom. The van der Waals surface area contributed by atoms with Gasteiger partial charge in [0.1, 0.15) is 0 Å². The van der Waals surface area contributed by atoms with Crippen molar-refractivity contribution in [2.75, 3.05) is 0 Å². The van der Waals surface area contributed by atoms with Crippen LogP contribution >= 0.6 is 23.2 Å². The van der Waals surface area contributed by atoms with E-state index in [2.05, 4.69) is 11.7 Å². The van der Waals surface area contributed by atoms with E-state index in [4.69, 9.17) is 23.2 Å². The Labute approximate surface area is 68.7 Å². The van der Waals surface area contributed by atoms with Crippen LogP contribution in [0.1, 0.15) is 0 Å². The molecular formula is C6H6Cl2N2. The summed E-state index contributed by atoms with van der Waals surface area (Å²) in [6.07, 6.45) is 0. The van der Waals surface area contributed by atoms with Crippen LogP contribution in [0.15, 0.2) is 12.1 Å². The van der Waals surface area contributed by atoms with Crippen LogP contribution in [0.2, 0.25) is 10.0 Å². The lowest BCUT2D eigenvalue weighted by Gasteiger charge is -1.77. The summed E-state index contributed by atoms with van der Waals surface area (Å²) in [6.45, 7) is 0. The molecule has 0 atom stereocenters. The first-order chi connectivity index (χ1) is 4.79. The maximum Gasteiger partial charge on any atom is 0.0671 e. The van der Waals surface area contributed by atoms with Gasteiger partial charge < -0.3 is 0 Å². The Kier molecular flexibility index (Phi) is 2.16. The van der Waals surface area contributed by atoms with Crippen LogP contribution in [-0.2, 0) is 0 Å². The van der Waals surface area contributed by atoms with Crippen LogP contribution in [0.4, 0.5) is 0 Å². The lowest BCUT2D eigenvalue weighted by Crippen LogP contribution is -2.02. The van der Waals surface area contributed by atoms with Gasteiger partial charge in [0.25, 0.3) is 0 Å². The molecule has 4 N–H and O–H groups in total. The van der Waals surface area contributed by atoms with Crippen LogP contribution in [0.25, 0.3) is 11.1 Å². The Morgan fingerprint density at radius 2 is 1.70 bits per heavy atom. The molecule has 0 aromatic rings. The van der Waals surface area contributed by atoms with E-state index in [1.165, 1.54) is 5.56 Å². The quantitative estimate of drug-likeness (QED) is 0.476. The molecule has 0 bridgehead atoms. The number of nitrogens with two attached hydrogens (primary N) is 2. The summed E-state index contributed by atoms with van der Waals surface area (Å²) in [5, 5.41) is 1.39. The molecular weight excluding hydrogens is 171 g/mol. The molecule has 0 unspecified atom stereocenters. The van der Waals surface area contributed by atoms with Gasteiger partial charge in [0.15, 0.2) is 0 Å². The smallest absolute Gasteiger partial charge is 0.0671 e. The van der Waals surface area contributed by atoms with Gasteiger partial charge in [-0.2, -0.15) is 0 Å². The molecule has 54 valence electrons. The molecule has 0 amide bonds. The van der Waals surface area contributed by atoms with Crippen LogP contribution in [0.5, 0.6) is 0 Å². The molecule has 0 saturated carbocycles. The number of halogens is 2. The predicted octanol–water partition coefficient (Wildman–Crippen LogP) is 1.79. The largest absolute Gasteiger partial charge is 0.274 e. The van der Waals surface area contributed by atoms with E-state index in [1.54, 1.807) is 0 Å². The monoisotopic (exact) mass is 176 g/mol. The molecule has 0 aromatic carbocycles. The number of hydrogen-bond acceptors (Lipinski definition) is 2. The van der Waals surface area contributed by atoms with E-state index in [9.17, 15) is 0 Å². The highest BCUT2D eigenvalue weighted by atomic mass is 35.5. The zero-order chi connectivity index (χ0) is 7.72. The number of benzene rings is 1. The minimum atomic E-state index is 0.680. The molecule has 2 nitrogen and oxygen atoms in total. The molecule has 10 heavy (non-hydrogen) atoms. The van der Waals surface area contributed by atoms with Crippen molar-refractivity contribution in [3.63, 3.8) is 0 Å². The van der Waals surface area contributed by atoms with Crippen molar-refractivity contribution in [3.8, 4) is 11.1 Å². The van der Waals surface area contributed by atoms with Gasteiger partial charge in [-0.15, -0.1) is 0 Å². The highest BCUT2D eigenvalue weighted by Gasteiger charge is 2.19. The van der Waals surface area contributed by atoms with E-state index < -0.39 is 0 Å². The minimum absolute atomic E-state index is 0.680. The molecule has 0 aromatic heterocycles. The van der Waals surface area contributed by atoms with E-state index in [0.29, 0.717) is 10.0 Å². The van der Waals surface area contributed by atoms with Gasteiger partial charge in [0.2, 0.25) is 0 Å². The molecule has 2 aliphatic rings. The maximum absolute atomic E-state index is 5.68. The van der Waals surface area contributed by atoms with Gasteiger partial charge in [-0.3, -0.25) is 11.7 Å². The van der Waals surface area contributed by atoms with Crippen molar-refractivity contribution in [2.45, 2.75) is 0 Å². The van der Waals surface area contributed by atoms with Gasteiger partial charge >= 0.3 is 0 Å². The number of fused-ring (bicyclic) bond motifs is 1. The predicted molar refractivity (Wildman–Crippen MR) is 43.8 cm³/mol. The fraction of sp³-hybridized carbons (Fsp3) is 0. The minimum Gasteiger partial charge on any atom is -0.274 e. The average molecular weight is 177 g/mol. The standard InChI is InChI=1S/C6H2Cl2.H4N2/c7-5-2-3-1-4(3)6(5)8;1-2/h1-2H;1-2H2. The Morgan fingerprint density at radius 1 is 1.10 bits per heavy atom. The molecule has 2 rings (SSSR count). The third-order valence-electron chi connectivity index (χ3n) is 1.26. The first-order valence-corrected chi connectivity index (χ1v) is 3.37. The van der Waals surface area contributed by atoms with E-state index in [1.807, 2.05) is 12.1 Å². The second-order valence-electron chi connectivity index (χ2n) is 1.82. The fourth-order valence-electron chi connectivity index (χ4n) is 0.757. The first kappa shape index (κ1) is 7.82. The van der Waals surface area contributed by atoms with Crippen molar-refractivity contribution in [1.29, 1.82) is 0 Å². The van der Waals surface area contributed by atoms with E-state index >= 15 is 0 Å². The summed E-state index contributed by atoms with van der Waals surface area (Å²) < 4.78 is 0. The third kappa shape index (κ3) is 1.11. The van der Waals surface area contributed by atoms with Crippen molar-refractivity contribution in [3.05, 3.63) is 22.2 Å². The third-order valence-corrected chi connectivity index (χ3v) is 2.06. The van der Waals surface area contributed by atoms with Crippen LogP contribution in [-0.4, -0.2) is 0 Å². The molecule has 4 heteroatoms. The van der Waals surface area contributed by atoms with E-state index in [-0.39, 0.29) is 0 Å². The summed E-state index contributed by atoms with van der Waals surface area (Å²) in [4.78, 5) is 0. The molecule has 0 aliphatic heterocycles. The second kappa shape index (κ2) is 2.76. The highest BCUT2D eigenvalue weighted by molar-refractivity contribution is 6.45.